The first-order chi connectivity index (χ1) is 11.6. The summed E-state index contributed by atoms with van der Waals surface area (Å²) < 4.78 is 18.7. The third kappa shape index (κ3) is 3.88. The van der Waals surface area contributed by atoms with E-state index in [2.05, 4.69) is 10.5 Å². The summed E-state index contributed by atoms with van der Waals surface area (Å²) in [6, 6.07) is 16.1. The van der Waals surface area contributed by atoms with Crippen molar-refractivity contribution in [2.45, 2.75) is 0 Å². The SMILES string of the molecule is O=C(N/N=C\c1ccc(-c2ccc(Cl)cc2)o1)c1cccc(F)c1. The largest absolute Gasteiger partial charge is 0.455 e. The number of carbonyl (C=O) groups excluding carboxylic acids is 1. The summed E-state index contributed by atoms with van der Waals surface area (Å²) in [6.07, 6.45) is 1.37. The van der Waals surface area contributed by atoms with Gasteiger partial charge in [0.05, 0.1) is 6.21 Å². The zero-order valence-electron chi connectivity index (χ0n) is 12.4. The quantitative estimate of drug-likeness (QED) is 0.560. The van der Waals surface area contributed by atoms with Gasteiger partial charge in [-0.1, -0.05) is 17.7 Å². The van der Waals surface area contributed by atoms with Gasteiger partial charge in [-0.2, -0.15) is 5.10 Å². The molecule has 0 spiro atoms. The van der Waals surface area contributed by atoms with Crippen molar-refractivity contribution >= 4 is 23.7 Å². The van der Waals surface area contributed by atoms with Crippen LogP contribution in [0.1, 0.15) is 16.1 Å². The summed E-state index contributed by atoms with van der Waals surface area (Å²) in [6.45, 7) is 0. The van der Waals surface area contributed by atoms with Crippen LogP contribution in [0.3, 0.4) is 0 Å². The number of hydrazone groups is 1. The molecule has 0 saturated carbocycles. The number of furan rings is 1. The van der Waals surface area contributed by atoms with Crippen LogP contribution in [0.4, 0.5) is 4.39 Å². The van der Waals surface area contributed by atoms with Gasteiger partial charge in [-0.3, -0.25) is 4.79 Å². The number of halogens is 2. The van der Waals surface area contributed by atoms with Gasteiger partial charge in [0.15, 0.2) is 0 Å². The van der Waals surface area contributed by atoms with Crippen molar-refractivity contribution in [1.82, 2.24) is 5.43 Å². The molecule has 1 amide bonds. The summed E-state index contributed by atoms with van der Waals surface area (Å²) in [5.41, 5.74) is 3.38. The van der Waals surface area contributed by atoms with Crippen LogP contribution in [0, 0.1) is 5.82 Å². The first kappa shape index (κ1) is 16.0. The summed E-state index contributed by atoms with van der Waals surface area (Å²) in [5.74, 6) is 0.143. The molecule has 1 N–H and O–H groups in total. The standard InChI is InChI=1S/C18H12ClFN2O2/c19-14-6-4-12(5-7-14)17-9-8-16(24-17)11-21-22-18(23)13-2-1-3-15(20)10-13/h1-11H,(H,22,23)/b21-11-. The first-order valence-electron chi connectivity index (χ1n) is 7.06. The van der Waals surface area contributed by atoms with Gasteiger partial charge in [-0.15, -0.1) is 0 Å². The van der Waals surface area contributed by atoms with E-state index in [1.54, 1.807) is 24.3 Å². The maximum atomic E-state index is 13.1. The number of nitrogens with zero attached hydrogens (tertiary/aromatic N) is 1. The molecular weight excluding hydrogens is 331 g/mol. The fourth-order valence-electron chi connectivity index (χ4n) is 2.04. The molecule has 0 bridgehead atoms. The first-order valence-corrected chi connectivity index (χ1v) is 7.44. The molecule has 2 aromatic carbocycles. The van der Waals surface area contributed by atoms with Gasteiger partial charge < -0.3 is 4.42 Å². The van der Waals surface area contributed by atoms with Crippen molar-refractivity contribution in [2.24, 2.45) is 5.10 Å². The number of carbonyl (C=O) groups is 1. The van der Waals surface area contributed by atoms with E-state index in [0.29, 0.717) is 16.5 Å². The van der Waals surface area contributed by atoms with Crippen molar-refractivity contribution in [1.29, 1.82) is 0 Å². The Morgan fingerprint density at radius 3 is 2.67 bits per heavy atom. The second-order valence-corrected chi connectivity index (χ2v) is 5.35. The number of nitrogens with one attached hydrogen (secondary N) is 1. The van der Waals surface area contributed by atoms with Gasteiger partial charge in [0.25, 0.3) is 5.91 Å². The molecule has 0 saturated heterocycles. The van der Waals surface area contributed by atoms with E-state index in [1.807, 2.05) is 12.1 Å². The zero-order valence-corrected chi connectivity index (χ0v) is 13.1. The minimum absolute atomic E-state index is 0.188. The predicted octanol–water partition coefficient (Wildman–Crippen LogP) is 4.50. The molecule has 120 valence electrons. The molecule has 3 aromatic rings. The van der Waals surface area contributed by atoms with Gasteiger partial charge in [0.2, 0.25) is 0 Å². The number of hydrogen-bond acceptors (Lipinski definition) is 3. The third-order valence-corrected chi connectivity index (χ3v) is 3.45. The second kappa shape index (κ2) is 7.10. The van der Waals surface area contributed by atoms with Gasteiger partial charge in [0.1, 0.15) is 17.3 Å². The lowest BCUT2D eigenvalue weighted by Crippen LogP contribution is -2.17. The van der Waals surface area contributed by atoms with E-state index >= 15 is 0 Å². The summed E-state index contributed by atoms with van der Waals surface area (Å²) >= 11 is 5.85. The van der Waals surface area contributed by atoms with Crippen LogP contribution in [0.15, 0.2) is 70.2 Å². The third-order valence-electron chi connectivity index (χ3n) is 3.20. The van der Waals surface area contributed by atoms with Crippen molar-refractivity contribution in [2.75, 3.05) is 0 Å². The molecule has 0 unspecified atom stereocenters. The molecule has 0 aliphatic heterocycles. The smallest absolute Gasteiger partial charge is 0.271 e. The lowest BCUT2D eigenvalue weighted by molar-refractivity contribution is 0.0954. The van der Waals surface area contributed by atoms with Gasteiger partial charge in [-0.05, 0) is 54.6 Å². The molecular formula is C18H12ClFN2O2. The van der Waals surface area contributed by atoms with Crippen LogP contribution in [0.5, 0.6) is 0 Å². The minimum Gasteiger partial charge on any atom is -0.455 e. The van der Waals surface area contributed by atoms with E-state index in [0.717, 1.165) is 11.6 Å². The molecule has 0 radical (unpaired) electrons. The van der Waals surface area contributed by atoms with Crippen LogP contribution < -0.4 is 5.43 Å². The minimum atomic E-state index is -0.504. The fraction of sp³-hybridized carbons (Fsp3) is 0. The Bertz CT molecular complexity index is 888. The number of hydrogen-bond donors (Lipinski definition) is 1. The highest BCUT2D eigenvalue weighted by atomic mass is 35.5. The maximum Gasteiger partial charge on any atom is 0.271 e. The average Bonchev–Trinajstić information content (AvgIpc) is 3.04. The van der Waals surface area contributed by atoms with Gasteiger partial charge in [0, 0.05) is 16.1 Å². The summed E-state index contributed by atoms with van der Waals surface area (Å²) in [5, 5.41) is 4.45. The normalized spacial score (nSPS) is 10.9. The Morgan fingerprint density at radius 1 is 1.12 bits per heavy atom. The molecule has 0 fully saturated rings. The zero-order chi connectivity index (χ0) is 16.9. The molecule has 0 atom stereocenters. The molecule has 0 aliphatic rings. The second-order valence-electron chi connectivity index (χ2n) is 4.92. The topological polar surface area (TPSA) is 54.6 Å². The monoisotopic (exact) mass is 342 g/mol. The Balaban J connectivity index is 1.65. The molecule has 6 heteroatoms. The maximum absolute atomic E-state index is 13.1. The highest BCUT2D eigenvalue weighted by Gasteiger charge is 2.06. The van der Waals surface area contributed by atoms with Crippen molar-refractivity contribution in [3.05, 3.63) is 82.8 Å². The lowest BCUT2D eigenvalue weighted by atomic mass is 10.2. The highest BCUT2D eigenvalue weighted by molar-refractivity contribution is 6.30. The number of benzene rings is 2. The van der Waals surface area contributed by atoms with Crippen LogP contribution in [0.2, 0.25) is 5.02 Å². The van der Waals surface area contributed by atoms with Crippen molar-refractivity contribution in [3.8, 4) is 11.3 Å². The van der Waals surface area contributed by atoms with Crippen molar-refractivity contribution in [3.63, 3.8) is 0 Å². The molecule has 4 nitrogen and oxygen atoms in total. The Kier molecular flexibility index (Phi) is 4.72. The fourth-order valence-corrected chi connectivity index (χ4v) is 2.17. The highest BCUT2D eigenvalue weighted by Crippen LogP contribution is 2.23. The Morgan fingerprint density at radius 2 is 1.92 bits per heavy atom. The van der Waals surface area contributed by atoms with Crippen LogP contribution in [-0.4, -0.2) is 12.1 Å². The molecule has 1 aromatic heterocycles. The van der Waals surface area contributed by atoms with Crippen LogP contribution >= 0.6 is 11.6 Å². The predicted molar refractivity (Wildman–Crippen MR) is 90.6 cm³/mol. The summed E-state index contributed by atoms with van der Waals surface area (Å²) in [7, 11) is 0. The summed E-state index contributed by atoms with van der Waals surface area (Å²) in [4.78, 5) is 11.8. The van der Waals surface area contributed by atoms with Crippen LogP contribution in [0.25, 0.3) is 11.3 Å². The Labute approximate surface area is 142 Å². The lowest BCUT2D eigenvalue weighted by Gasteiger charge is -1.99. The van der Waals surface area contributed by atoms with Gasteiger partial charge >= 0.3 is 0 Å². The molecule has 0 aliphatic carbocycles. The van der Waals surface area contributed by atoms with E-state index < -0.39 is 11.7 Å². The number of rotatable bonds is 4. The van der Waals surface area contributed by atoms with Crippen molar-refractivity contribution < 1.29 is 13.6 Å². The average molecular weight is 343 g/mol. The van der Waals surface area contributed by atoms with Gasteiger partial charge in [-0.25, -0.2) is 9.82 Å². The van der Waals surface area contributed by atoms with E-state index in [1.165, 1.54) is 24.4 Å². The van der Waals surface area contributed by atoms with Crippen LogP contribution in [-0.2, 0) is 0 Å². The van der Waals surface area contributed by atoms with E-state index in [9.17, 15) is 9.18 Å². The van der Waals surface area contributed by atoms with E-state index in [4.69, 9.17) is 16.0 Å². The Hall–Kier alpha value is -2.92. The van der Waals surface area contributed by atoms with E-state index in [-0.39, 0.29) is 5.56 Å². The number of amides is 1. The molecule has 1 heterocycles. The molecule has 24 heavy (non-hydrogen) atoms. The molecule has 3 rings (SSSR count).